The minimum atomic E-state index is -0.272. The second-order valence-corrected chi connectivity index (χ2v) is 5.50. The van der Waals surface area contributed by atoms with E-state index in [9.17, 15) is 9.59 Å². The first-order valence-electron chi connectivity index (χ1n) is 6.11. The van der Waals surface area contributed by atoms with Gasteiger partial charge in [-0.1, -0.05) is 0 Å². The lowest BCUT2D eigenvalue weighted by Crippen LogP contribution is -2.21. The van der Waals surface area contributed by atoms with Gasteiger partial charge in [0.15, 0.2) is 0 Å². The molecule has 102 valence electrons. The van der Waals surface area contributed by atoms with E-state index < -0.39 is 0 Å². The summed E-state index contributed by atoms with van der Waals surface area (Å²) >= 11 is 1.56. The summed E-state index contributed by atoms with van der Waals surface area (Å²) in [4.78, 5) is 32.6. The topological polar surface area (TPSA) is 66.1 Å². The molecule has 0 fully saturated rings. The second-order valence-electron chi connectivity index (χ2n) is 4.58. The van der Waals surface area contributed by atoms with Gasteiger partial charge >= 0.3 is 0 Å². The summed E-state index contributed by atoms with van der Waals surface area (Å²) in [6.45, 7) is 0. The fraction of sp³-hybridized carbons (Fsp3) is 0.214. The van der Waals surface area contributed by atoms with Crippen molar-refractivity contribution in [2.75, 3.05) is 13.3 Å². The van der Waals surface area contributed by atoms with Crippen LogP contribution >= 0.6 is 11.8 Å². The highest BCUT2D eigenvalue weighted by Gasteiger charge is 2.36. The van der Waals surface area contributed by atoms with Gasteiger partial charge in [0.05, 0.1) is 11.3 Å². The fourth-order valence-electron chi connectivity index (χ4n) is 2.51. The summed E-state index contributed by atoms with van der Waals surface area (Å²) in [5.74, 6) is -0.115. The lowest BCUT2D eigenvalue weighted by molar-refractivity contribution is 0.0813. The predicted octanol–water partition coefficient (Wildman–Crippen LogP) is 1.88. The molecule has 0 saturated carbocycles. The van der Waals surface area contributed by atoms with Crippen LogP contribution in [0.15, 0.2) is 35.4 Å². The van der Waals surface area contributed by atoms with Gasteiger partial charge in [-0.15, -0.1) is 11.8 Å². The molecule has 3 rings (SSSR count). The standard InChI is InChI=1S/C14H13N3O2S/c1-17-13(19)9-6-10(18)16-12(11(9)14(17)20-2)8-4-3-5-15-7-8/h3-7,14H,1-2H3,(H,16,18)/t14-/m1/s1. The van der Waals surface area contributed by atoms with E-state index in [1.54, 1.807) is 36.1 Å². The highest BCUT2D eigenvalue weighted by molar-refractivity contribution is 7.98. The quantitative estimate of drug-likeness (QED) is 0.916. The first kappa shape index (κ1) is 12.9. The molecule has 0 bridgehead atoms. The van der Waals surface area contributed by atoms with Crippen molar-refractivity contribution >= 4 is 17.7 Å². The largest absolute Gasteiger partial charge is 0.325 e. The minimum absolute atomic E-state index is 0.0930. The Morgan fingerprint density at radius 2 is 2.20 bits per heavy atom. The van der Waals surface area contributed by atoms with Crippen molar-refractivity contribution in [1.29, 1.82) is 0 Å². The number of nitrogens with one attached hydrogen (secondary N) is 1. The van der Waals surface area contributed by atoms with Crippen molar-refractivity contribution in [2.45, 2.75) is 5.37 Å². The van der Waals surface area contributed by atoms with Crippen LogP contribution in [0.4, 0.5) is 0 Å². The zero-order valence-electron chi connectivity index (χ0n) is 11.1. The number of carbonyl (C=O) groups is 1. The third kappa shape index (κ3) is 1.84. The molecule has 1 amide bonds. The summed E-state index contributed by atoms with van der Waals surface area (Å²) in [6.07, 6.45) is 5.31. The van der Waals surface area contributed by atoms with Crippen molar-refractivity contribution in [2.24, 2.45) is 0 Å². The second kappa shape index (κ2) is 4.79. The Balaban J connectivity index is 2.31. The molecule has 2 aromatic heterocycles. The van der Waals surface area contributed by atoms with E-state index in [-0.39, 0.29) is 16.8 Å². The number of nitrogens with zero attached hydrogens (tertiary/aromatic N) is 2. The van der Waals surface area contributed by atoms with E-state index in [0.717, 1.165) is 11.1 Å². The molecule has 0 unspecified atom stereocenters. The zero-order valence-corrected chi connectivity index (χ0v) is 11.9. The monoisotopic (exact) mass is 287 g/mol. The average Bonchev–Trinajstić information content (AvgIpc) is 2.71. The molecule has 6 heteroatoms. The summed E-state index contributed by atoms with van der Waals surface area (Å²) in [5.41, 5.74) is 2.56. The van der Waals surface area contributed by atoms with Gasteiger partial charge in [-0.05, 0) is 18.4 Å². The van der Waals surface area contributed by atoms with Crippen LogP contribution < -0.4 is 5.56 Å². The van der Waals surface area contributed by atoms with Gasteiger partial charge in [0.2, 0.25) is 5.56 Å². The maximum absolute atomic E-state index is 12.2. The molecule has 0 aliphatic carbocycles. The van der Waals surface area contributed by atoms with Crippen LogP contribution in [0.1, 0.15) is 21.3 Å². The smallest absolute Gasteiger partial charge is 0.255 e. The summed E-state index contributed by atoms with van der Waals surface area (Å²) in [5, 5.41) is -0.0930. The first-order valence-corrected chi connectivity index (χ1v) is 7.40. The van der Waals surface area contributed by atoms with E-state index in [1.807, 2.05) is 18.4 Å². The molecule has 0 spiro atoms. The number of amides is 1. The van der Waals surface area contributed by atoms with Gasteiger partial charge in [0, 0.05) is 36.6 Å². The van der Waals surface area contributed by atoms with E-state index in [0.29, 0.717) is 11.3 Å². The highest BCUT2D eigenvalue weighted by atomic mass is 32.2. The molecule has 0 aromatic carbocycles. The lowest BCUT2D eigenvalue weighted by atomic mass is 10.0. The van der Waals surface area contributed by atoms with Crippen molar-refractivity contribution in [3.63, 3.8) is 0 Å². The Morgan fingerprint density at radius 3 is 2.85 bits per heavy atom. The summed E-state index contributed by atoms with van der Waals surface area (Å²) < 4.78 is 0. The molecule has 3 heterocycles. The number of carbonyl (C=O) groups excluding carboxylic acids is 1. The third-order valence-electron chi connectivity index (χ3n) is 3.41. The van der Waals surface area contributed by atoms with Crippen LogP contribution in [-0.2, 0) is 0 Å². The first-order chi connectivity index (χ1) is 9.63. The van der Waals surface area contributed by atoms with Crippen molar-refractivity contribution < 1.29 is 4.79 Å². The van der Waals surface area contributed by atoms with Gasteiger partial charge in [0.1, 0.15) is 5.37 Å². The Hall–Kier alpha value is -2.08. The summed E-state index contributed by atoms with van der Waals surface area (Å²) in [6, 6.07) is 5.06. The molecule has 20 heavy (non-hydrogen) atoms. The molecule has 0 radical (unpaired) electrons. The number of hydrogen-bond donors (Lipinski definition) is 1. The van der Waals surface area contributed by atoms with Gasteiger partial charge < -0.3 is 9.88 Å². The number of pyridine rings is 2. The van der Waals surface area contributed by atoms with Crippen LogP contribution in [0.5, 0.6) is 0 Å². The van der Waals surface area contributed by atoms with Crippen LogP contribution in [-0.4, -0.2) is 34.1 Å². The normalized spacial score (nSPS) is 17.4. The van der Waals surface area contributed by atoms with Crippen LogP contribution in [0.2, 0.25) is 0 Å². The Morgan fingerprint density at radius 1 is 1.40 bits per heavy atom. The van der Waals surface area contributed by atoms with E-state index in [2.05, 4.69) is 9.97 Å². The number of hydrogen-bond acceptors (Lipinski definition) is 4. The van der Waals surface area contributed by atoms with Crippen LogP contribution in [0.25, 0.3) is 11.3 Å². The van der Waals surface area contributed by atoms with Gasteiger partial charge in [-0.2, -0.15) is 0 Å². The Kier molecular flexibility index (Phi) is 3.10. The summed E-state index contributed by atoms with van der Waals surface area (Å²) in [7, 11) is 1.75. The molecule has 1 atom stereocenters. The molecule has 0 saturated heterocycles. The van der Waals surface area contributed by atoms with Gasteiger partial charge in [0.25, 0.3) is 5.91 Å². The molecule has 1 aliphatic rings. The van der Waals surface area contributed by atoms with Crippen LogP contribution in [0, 0.1) is 0 Å². The highest BCUT2D eigenvalue weighted by Crippen LogP contribution is 2.42. The van der Waals surface area contributed by atoms with Gasteiger partial charge in [-0.25, -0.2) is 0 Å². The zero-order chi connectivity index (χ0) is 14.3. The number of fused-ring (bicyclic) bond motifs is 1. The molecular weight excluding hydrogens is 274 g/mol. The molecule has 1 N–H and O–H groups in total. The number of thioether (sulfide) groups is 1. The molecule has 2 aromatic rings. The van der Waals surface area contributed by atoms with Gasteiger partial charge in [-0.3, -0.25) is 14.6 Å². The average molecular weight is 287 g/mol. The van der Waals surface area contributed by atoms with Crippen molar-refractivity contribution in [3.8, 4) is 11.3 Å². The van der Waals surface area contributed by atoms with Crippen molar-refractivity contribution in [3.05, 3.63) is 52.1 Å². The van der Waals surface area contributed by atoms with Crippen LogP contribution in [0.3, 0.4) is 0 Å². The molecule has 1 aliphatic heterocycles. The van der Waals surface area contributed by atoms with E-state index in [4.69, 9.17) is 0 Å². The molecular formula is C14H13N3O2S. The number of H-pyrrole nitrogens is 1. The number of aromatic amines is 1. The SMILES string of the molecule is CS[C@@H]1c2c(cc(=O)[nH]c2-c2cccnc2)C(=O)N1C. The third-order valence-corrected chi connectivity index (χ3v) is 4.40. The fourth-order valence-corrected chi connectivity index (χ4v) is 3.40. The maximum atomic E-state index is 12.2. The Bertz CT molecular complexity index is 727. The minimum Gasteiger partial charge on any atom is -0.325 e. The number of aromatic nitrogens is 2. The van der Waals surface area contributed by atoms with Crippen molar-refractivity contribution in [1.82, 2.24) is 14.9 Å². The lowest BCUT2D eigenvalue weighted by Gasteiger charge is -2.19. The van der Waals surface area contributed by atoms with E-state index in [1.165, 1.54) is 6.07 Å². The van der Waals surface area contributed by atoms with E-state index >= 15 is 0 Å². The predicted molar refractivity (Wildman–Crippen MR) is 78.6 cm³/mol. The number of rotatable bonds is 2. The molecule has 5 nitrogen and oxygen atoms in total. The maximum Gasteiger partial charge on any atom is 0.255 e. The Labute approximate surface area is 120 Å².